The minimum atomic E-state index is -0.526. The van der Waals surface area contributed by atoms with Crippen molar-refractivity contribution in [2.24, 2.45) is 5.92 Å². The molecule has 0 aliphatic carbocycles. The predicted molar refractivity (Wildman–Crippen MR) is 108 cm³/mol. The van der Waals surface area contributed by atoms with E-state index in [1.54, 1.807) is 22.7 Å². The van der Waals surface area contributed by atoms with Gasteiger partial charge in [-0.2, -0.15) is 0 Å². The van der Waals surface area contributed by atoms with Gasteiger partial charge in [0.05, 0.1) is 12.7 Å². The summed E-state index contributed by atoms with van der Waals surface area (Å²) in [4.78, 5) is 40.6. The van der Waals surface area contributed by atoms with E-state index in [2.05, 4.69) is 10.6 Å². The Morgan fingerprint density at radius 2 is 2.11 bits per heavy atom. The Morgan fingerprint density at radius 3 is 2.75 bits per heavy atom. The van der Waals surface area contributed by atoms with E-state index in [-0.39, 0.29) is 29.7 Å². The molecule has 2 aliphatic heterocycles. The van der Waals surface area contributed by atoms with Crippen LogP contribution in [0, 0.1) is 5.92 Å². The number of ether oxygens (including phenoxy) is 1. The Morgan fingerprint density at radius 1 is 1.36 bits per heavy atom. The van der Waals surface area contributed by atoms with E-state index >= 15 is 0 Å². The van der Waals surface area contributed by atoms with Crippen LogP contribution in [-0.2, 0) is 9.59 Å². The fourth-order valence-electron chi connectivity index (χ4n) is 3.80. The highest BCUT2D eigenvalue weighted by Gasteiger charge is 2.44. The lowest BCUT2D eigenvalue weighted by molar-refractivity contribution is -0.152. The third kappa shape index (κ3) is 3.97. The van der Waals surface area contributed by atoms with Crippen LogP contribution < -0.4 is 15.4 Å². The number of piperidine rings is 1. The number of amides is 3. The van der Waals surface area contributed by atoms with Crippen molar-refractivity contribution >= 4 is 29.5 Å². The maximum atomic E-state index is 12.8. The van der Waals surface area contributed by atoms with E-state index in [1.165, 1.54) is 7.11 Å². The van der Waals surface area contributed by atoms with Crippen LogP contribution in [0.3, 0.4) is 0 Å². The molecule has 3 rings (SSSR count). The highest BCUT2D eigenvalue weighted by atomic mass is 32.2. The lowest BCUT2D eigenvalue weighted by Gasteiger charge is -2.45. The van der Waals surface area contributed by atoms with Gasteiger partial charge in [-0.3, -0.25) is 14.4 Å². The van der Waals surface area contributed by atoms with Gasteiger partial charge in [0.2, 0.25) is 11.8 Å². The fraction of sp³-hybridized carbons (Fsp3) is 0.550. The molecule has 0 spiro atoms. The number of carbonyl (C=O) groups is 3. The van der Waals surface area contributed by atoms with Crippen LogP contribution in [0.25, 0.3) is 0 Å². The molecular weight excluding hydrogens is 378 g/mol. The van der Waals surface area contributed by atoms with Gasteiger partial charge in [0.25, 0.3) is 5.91 Å². The second-order valence-electron chi connectivity index (χ2n) is 7.54. The summed E-state index contributed by atoms with van der Waals surface area (Å²) >= 11 is 1.58. The van der Waals surface area contributed by atoms with Crippen LogP contribution in [0.5, 0.6) is 5.75 Å². The van der Waals surface area contributed by atoms with Crippen molar-refractivity contribution in [3.8, 4) is 5.75 Å². The lowest BCUT2D eigenvalue weighted by atomic mass is 9.90. The van der Waals surface area contributed by atoms with Crippen LogP contribution in [-0.4, -0.2) is 60.7 Å². The first-order chi connectivity index (χ1) is 13.3. The number of piperazine rings is 1. The summed E-state index contributed by atoms with van der Waals surface area (Å²) in [5, 5.41) is 5.84. The standard InChI is InChI=1S/C20H27N3O4S/c1-11(2)17-20(26)23-8-7-12(9-15(23)19(25)22-17)21-18(24)14-6-5-13(28-4)10-16(14)27-3/h5-6,10-12,15,17H,7-9H2,1-4H3,(H,21,24)(H,22,25)/t12-,15-,17-/m0/s1. The Balaban J connectivity index is 1.69. The topological polar surface area (TPSA) is 87.7 Å². The molecule has 3 atom stereocenters. The lowest BCUT2D eigenvalue weighted by Crippen LogP contribution is -2.67. The number of hydrogen-bond donors (Lipinski definition) is 2. The van der Waals surface area contributed by atoms with Crippen LogP contribution in [0.15, 0.2) is 23.1 Å². The van der Waals surface area contributed by atoms with Gasteiger partial charge in [-0.25, -0.2) is 0 Å². The Bertz CT molecular complexity index is 783. The summed E-state index contributed by atoms with van der Waals surface area (Å²) in [5.41, 5.74) is 0.465. The highest BCUT2D eigenvalue weighted by molar-refractivity contribution is 7.98. The molecule has 3 amide bonds. The van der Waals surface area contributed by atoms with E-state index in [1.807, 2.05) is 32.2 Å². The molecule has 0 saturated carbocycles. The first kappa shape index (κ1) is 20.5. The van der Waals surface area contributed by atoms with Gasteiger partial charge < -0.3 is 20.3 Å². The Kier molecular flexibility index (Phi) is 6.17. The quantitative estimate of drug-likeness (QED) is 0.728. The molecule has 8 heteroatoms. The minimum Gasteiger partial charge on any atom is -0.496 e. The Hall–Kier alpha value is -2.22. The zero-order chi connectivity index (χ0) is 20.4. The molecule has 7 nitrogen and oxygen atoms in total. The van der Waals surface area contributed by atoms with Crippen molar-refractivity contribution in [1.82, 2.24) is 15.5 Å². The first-order valence-electron chi connectivity index (χ1n) is 9.49. The highest BCUT2D eigenvalue weighted by Crippen LogP contribution is 2.27. The van der Waals surface area contributed by atoms with E-state index in [9.17, 15) is 14.4 Å². The Labute approximate surface area is 169 Å². The largest absolute Gasteiger partial charge is 0.496 e. The third-order valence-electron chi connectivity index (χ3n) is 5.41. The maximum absolute atomic E-state index is 12.8. The van der Waals surface area contributed by atoms with Gasteiger partial charge in [-0.1, -0.05) is 13.8 Å². The zero-order valence-corrected chi connectivity index (χ0v) is 17.5. The molecule has 0 bridgehead atoms. The van der Waals surface area contributed by atoms with E-state index in [4.69, 9.17) is 4.74 Å². The molecule has 2 aliphatic rings. The SMILES string of the molecule is COc1cc(SC)ccc1C(=O)N[C@H]1CCN2C(=O)[C@H](C(C)C)NC(=O)[C@@H]2C1. The van der Waals surface area contributed by atoms with Crippen LogP contribution in [0.4, 0.5) is 0 Å². The van der Waals surface area contributed by atoms with Gasteiger partial charge in [-0.05, 0) is 43.2 Å². The van der Waals surface area contributed by atoms with Gasteiger partial charge in [0.1, 0.15) is 17.8 Å². The summed E-state index contributed by atoms with van der Waals surface area (Å²) in [6.45, 7) is 4.31. The van der Waals surface area contributed by atoms with Gasteiger partial charge >= 0.3 is 0 Å². The molecule has 2 saturated heterocycles. The van der Waals surface area contributed by atoms with Crippen LogP contribution in [0.2, 0.25) is 0 Å². The van der Waals surface area contributed by atoms with E-state index < -0.39 is 12.1 Å². The second-order valence-corrected chi connectivity index (χ2v) is 8.42. The van der Waals surface area contributed by atoms with Crippen molar-refractivity contribution in [3.63, 3.8) is 0 Å². The van der Waals surface area contributed by atoms with E-state index in [0.717, 1.165) is 4.90 Å². The van der Waals surface area contributed by atoms with Crippen LogP contribution >= 0.6 is 11.8 Å². The number of nitrogens with one attached hydrogen (secondary N) is 2. The number of benzene rings is 1. The van der Waals surface area contributed by atoms with Crippen LogP contribution in [0.1, 0.15) is 37.0 Å². The number of hydrogen-bond acceptors (Lipinski definition) is 5. The molecule has 152 valence electrons. The molecule has 2 fully saturated rings. The molecule has 2 heterocycles. The number of nitrogens with zero attached hydrogens (tertiary/aromatic N) is 1. The van der Waals surface area contributed by atoms with Crippen molar-refractivity contribution in [1.29, 1.82) is 0 Å². The first-order valence-corrected chi connectivity index (χ1v) is 10.7. The average Bonchev–Trinajstić information content (AvgIpc) is 2.69. The molecule has 1 aromatic rings. The van der Waals surface area contributed by atoms with Crippen molar-refractivity contribution in [2.45, 2.75) is 49.7 Å². The second kappa shape index (κ2) is 8.43. The summed E-state index contributed by atoms with van der Waals surface area (Å²) in [5.74, 6) is 0.169. The van der Waals surface area contributed by atoms with Crippen molar-refractivity contribution in [2.75, 3.05) is 19.9 Å². The number of thioether (sulfide) groups is 1. The van der Waals surface area contributed by atoms with Crippen molar-refractivity contribution in [3.05, 3.63) is 23.8 Å². The maximum Gasteiger partial charge on any atom is 0.255 e. The summed E-state index contributed by atoms with van der Waals surface area (Å²) in [7, 11) is 1.54. The zero-order valence-electron chi connectivity index (χ0n) is 16.7. The fourth-order valence-corrected chi connectivity index (χ4v) is 4.23. The number of rotatable bonds is 5. The predicted octanol–water partition coefficient (Wildman–Crippen LogP) is 1.66. The molecule has 0 aromatic heterocycles. The number of carbonyl (C=O) groups excluding carboxylic acids is 3. The third-order valence-corrected chi connectivity index (χ3v) is 6.13. The average molecular weight is 406 g/mol. The minimum absolute atomic E-state index is 0.0290. The van der Waals surface area contributed by atoms with Gasteiger partial charge in [-0.15, -0.1) is 11.8 Å². The molecule has 28 heavy (non-hydrogen) atoms. The number of methoxy groups -OCH3 is 1. The van der Waals surface area contributed by atoms with Gasteiger partial charge in [0, 0.05) is 17.5 Å². The molecule has 1 aromatic carbocycles. The molecular formula is C20H27N3O4S. The van der Waals surface area contributed by atoms with Gasteiger partial charge in [0.15, 0.2) is 0 Å². The molecule has 2 N–H and O–H groups in total. The summed E-state index contributed by atoms with van der Waals surface area (Å²) in [6.07, 6.45) is 3.00. The van der Waals surface area contributed by atoms with Crippen molar-refractivity contribution < 1.29 is 19.1 Å². The summed E-state index contributed by atoms with van der Waals surface area (Å²) in [6, 6.07) is 4.30. The molecule has 0 unspecified atom stereocenters. The molecule has 0 radical (unpaired) electrons. The monoisotopic (exact) mass is 405 g/mol. The number of fused-ring (bicyclic) bond motifs is 1. The van der Waals surface area contributed by atoms with E-state index in [0.29, 0.717) is 30.7 Å². The smallest absolute Gasteiger partial charge is 0.255 e. The summed E-state index contributed by atoms with van der Waals surface area (Å²) < 4.78 is 5.36. The normalized spacial score (nSPS) is 24.6.